The average Bonchev–Trinajstić information content (AvgIpc) is 3.03. The molecule has 0 spiro atoms. The topological polar surface area (TPSA) is 3.24 Å². The monoisotopic (exact) mass is 523 g/mol. The molecule has 0 saturated heterocycles. The van der Waals surface area contributed by atoms with Gasteiger partial charge in [0.25, 0.3) is 0 Å². The Morgan fingerprint density at radius 3 is 1.49 bits per heavy atom. The zero-order valence-corrected chi connectivity index (χ0v) is 23.0. The fraction of sp³-hybridized carbons (Fsp3) is 0.0500. The Balaban J connectivity index is 1.31. The van der Waals surface area contributed by atoms with Crippen molar-refractivity contribution in [1.29, 1.82) is 0 Å². The predicted molar refractivity (Wildman–Crippen MR) is 175 cm³/mol. The van der Waals surface area contributed by atoms with E-state index in [0.717, 1.165) is 6.42 Å². The third-order valence-corrected chi connectivity index (χ3v) is 8.52. The van der Waals surface area contributed by atoms with Gasteiger partial charge in [0.05, 0.1) is 0 Å². The fourth-order valence-corrected chi connectivity index (χ4v) is 6.49. The lowest BCUT2D eigenvalue weighted by molar-refractivity contribution is 1.09. The molecule has 1 nitrogen and oxygen atoms in total. The summed E-state index contributed by atoms with van der Waals surface area (Å²) in [6, 6.07) is 53.5. The highest BCUT2D eigenvalue weighted by atomic mass is 15.2. The van der Waals surface area contributed by atoms with Gasteiger partial charge in [-0.15, -0.1) is 0 Å². The van der Waals surface area contributed by atoms with Crippen molar-refractivity contribution in [2.24, 2.45) is 0 Å². The van der Waals surface area contributed by atoms with Gasteiger partial charge in [-0.3, -0.25) is 0 Å². The molecule has 8 rings (SSSR count). The Kier molecular flexibility index (Phi) is 5.50. The van der Waals surface area contributed by atoms with E-state index in [2.05, 4.69) is 157 Å². The molecule has 0 unspecified atom stereocenters. The van der Waals surface area contributed by atoms with Crippen molar-refractivity contribution in [3.8, 4) is 22.3 Å². The van der Waals surface area contributed by atoms with Crippen LogP contribution >= 0.6 is 0 Å². The molecule has 0 saturated carbocycles. The smallest absolute Gasteiger partial charge is 0.0497 e. The summed E-state index contributed by atoms with van der Waals surface area (Å²) in [5, 5.41) is 5.13. The average molecular weight is 524 g/mol. The van der Waals surface area contributed by atoms with Gasteiger partial charge in [0, 0.05) is 23.5 Å². The second kappa shape index (κ2) is 9.50. The van der Waals surface area contributed by atoms with Crippen molar-refractivity contribution >= 4 is 38.6 Å². The molecule has 1 heterocycles. The summed E-state index contributed by atoms with van der Waals surface area (Å²) in [5.74, 6) is 0. The predicted octanol–water partition coefficient (Wildman–Crippen LogP) is 11.0. The van der Waals surface area contributed by atoms with Crippen LogP contribution in [-0.2, 0) is 6.42 Å². The van der Waals surface area contributed by atoms with Crippen LogP contribution in [0.1, 0.15) is 16.7 Å². The number of nitrogens with zero attached hydrogens (tertiary/aromatic N) is 1. The summed E-state index contributed by atoms with van der Waals surface area (Å²) in [4.78, 5) is 2.44. The Hall–Kier alpha value is -5.14. The molecule has 0 amide bonds. The van der Waals surface area contributed by atoms with E-state index in [1.165, 1.54) is 77.6 Å². The van der Waals surface area contributed by atoms with Gasteiger partial charge in [-0.05, 0) is 98.2 Å². The first-order chi connectivity index (χ1) is 20.2. The summed E-state index contributed by atoms with van der Waals surface area (Å²) < 4.78 is 0. The van der Waals surface area contributed by atoms with Gasteiger partial charge in [-0.1, -0.05) is 115 Å². The first-order valence-electron chi connectivity index (χ1n) is 14.3. The molecule has 0 fully saturated rings. The molecule has 0 atom stereocenters. The molecule has 0 aromatic heterocycles. The molecule has 1 aliphatic rings. The van der Waals surface area contributed by atoms with Crippen LogP contribution in [0, 0.1) is 6.92 Å². The summed E-state index contributed by atoms with van der Waals surface area (Å²) in [6.07, 6.45) is 0.893. The van der Waals surface area contributed by atoms with Gasteiger partial charge in [0.15, 0.2) is 0 Å². The minimum atomic E-state index is 0.893. The van der Waals surface area contributed by atoms with E-state index in [-0.39, 0.29) is 0 Å². The number of benzene rings is 7. The van der Waals surface area contributed by atoms with E-state index >= 15 is 0 Å². The van der Waals surface area contributed by atoms with Crippen LogP contribution in [-0.4, -0.2) is 0 Å². The van der Waals surface area contributed by atoms with Gasteiger partial charge < -0.3 is 4.90 Å². The molecule has 41 heavy (non-hydrogen) atoms. The molecule has 0 N–H and O–H groups in total. The number of aryl methyl sites for hydroxylation is 1. The van der Waals surface area contributed by atoms with Crippen LogP contribution in [0.2, 0.25) is 0 Å². The maximum Gasteiger partial charge on any atom is 0.0497 e. The van der Waals surface area contributed by atoms with Gasteiger partial charge in [0.2, 0.25) is 0 Å². The van der Waals surface area contributed by atoms with Gasteiger partial charge >= 0.3 is 0 Å². The van der Waals surface area contributed by atoms with Crippen LogP contribution in [0.25, 0.3) is 43.8 Å². The standard InChI is InChI=1S/C40H29N/c1-27-16-20-34(21-17-27)41-39-22-18-30(37-14-6-10-28-8-2-4-12-35(28)37)24-32(39)26-33-25-31(19-23-40(33)41)38-15-7-11-29-9-3-5-13-36(29)38/h2-25H,26H2,1H3. The fourth-order valence-electron chi connectivity index (χ4n) is 6.49. The lowest BCUT2D eigenvalue weighted by atomic mass is 9.88. The Morgan fingerprint density at radius 1 is 0.463 bits per heavy atom. The minimum Gasteiger partial charge on any atom is -0.310 e. The second-order valence-corrected chi connectivity index (χ2v) is 11.1. The van der Waals surface area contributed by atoms with Crippen LogP contribution in [0.4, 0.5) is 17.1 Å². The molecular formula is C40H29N. The van der Waals surface area contributed by atoms with E-state index in [0.29, 0.717) is 0 Å². The Labute approximate surface area is 241 Å². The van der Waals surface area contributed by atoms with Crippen molar-refractivity contribution < 1.29 is 0 Å². The molecule has 0 aliphatic carbocycles. The molecule has 7 aromatic rings. The first-order valence-corrected chi connectivity index (χ1v) is 14.3. The van der Waals surface area contributed by atoms with Gasteiger partial charge in [-0.2, -0.15) is 0 Å². The molecule has 1 heteroatoms. The summed E-state index contributed by atoms with van der Waals surface area (Å²) >= 11 is 0. The lowest BCUT2D eigenvalue weighted by Gasteiger charge is -2.34. The summed E-state index contributed by atoms with van der Waals surface area (Å²) in [5.41, 5.74) is 12.7. The lowest BCUT2D eigenvalue weighted by Crippen LogP contribution is -2.18. The van der Waals surface area contributed by atoms with E-state index in [9.17, 15) is 0 Å². The second-order valence-electron chi connectivity index (χ2n) is 11.1. The molecule has 0 bridgehead atoms. The number of hydrogen-bond donors (Lipinski definition) is 0. The zero-order valence-electron chi connectivity index (χ0n) is 23.0. The maximum atomic E-state index is 2.44. The highest BCUT2D eigenvalue weighted by Gasteiger charge is 2.25. The van der Waals surface area contributed by atoms with E-state index < -0.39 is 0 Å². The van der Waals surface area contributed by atoms with E-state index in [4.69, 9.17) is 0 Å². The first kappa shape index (κ1) is 23.7. The highest BCUT2D eigenvalue weighted by Crippen LogP contribution is 2.46. The largest absolute Gasteiger partial charge is 0.310 e. The molecule has 7 aromatic carbocycles. The van der Waals surface area contributed by atoms with Gasteiger partial charge in [-0.25, -0.2) is 0 Å². The number of fused-ring (bicyclic) bond motifs is 4. The zero-order chi connectivity index (χ0) is 27.3. The summed E-state index contributed by atoms with van der Waals surface area (Å²) in [7, 11) is 0. The molecule has 194 valence electrons. The van der Waals surface area contributed by atoms with E-state index in [1.807, 2.05) is 0 Å². The van der Waals surface area contributed by atoms with Crippen molar-refractivity contribution in [2.75, 3.05) is 4.90 Å². The number of hydrogen-bond acceptors (Lipinski definition) is 1. The van der Waals surface area contributed by atoms with Crippen LogP contribution in [0.3, 0.4) is 0 Å². The van der Waals surface area contributed by atoms with Crippen LogP contribution in [0.5, 0.6) is 0 Å². The normalized spacial score (nSPS) is 12.4. The Bertz CT molecular complexity index is 1940. The van der Waals surface area contributed by atoms with Crippen molar-refractivity contribution in [3.63, 3.8) is 0 Å². The number of rotatable bonds is 3. The Morgan fingerprint density at radius 2 is 0.951 bits per heavy atom. The third kappa shape index (κ3) is 4.01. The number of anilines is 3. The molecule has 0 radical (unpaired) electrons. The minimum absolute atomic E-state index is 0.893. The van der Waals surface area contributed by atoms with Crippen LogP contribution < -0.4 is 4.90 Å². The van der Waals surface area contributed by atoms with Crippen LogP contribution in [0.15, 0.2) is 146 Å². The van der Waals surface area contributed by atoms with Crippen molar-refractivity contribution in [3.05, 3.63) is 162 Å². The van der Waals surface area contributed by atoms with E-state index in [1.54, 1.807) is 0 Å². The van der Waals surface area contributed by atoms with Gasteiger partial charge in [0.1, 0.15) is 0 Å². The summed E-state index contributed by atoms with van der Waals surface area (Å²) in [6.45, 7) is 2.15. The van der Waals surface area contributed by atoms with Crippen molar-refractivity contribution in [1.82, 2.24) is 0 Å². The SMILES string of the molecule is Cc1ccc(N2c3ccc(-c4cccc5ccccc45)cc3Cc3cc(-c4cccc5ccccc45)ccc32)cc1. The quantitative estimate of drug-likeness (QED) is 0.223. The maximum absolute atomic E-state index is 2.44. The molecule has 1 aliphatic heterocycles. The molecular weight excluding hydrogens is 494 g/mol. The third-order valence-electron chi connectivity index (χ3n) is 8.52. The van der Waals surface area contributed by atoms with Crippen molar-refractivity contribution in [2.45, 2.75) is 13.3 Å². The highest BCUT2D eigenvalue weighted by molar-refractivity contribution is 5.99.